The van der Waals surface area contributed by atoms with Crippen molar-refractivity contribution in [1.29, 1.82) is 5.26 Å². The summed E-state index contributed by atoms with van der Waals surface area (Å²) in [5.41, 5.74) is 3.45. The third kappa shape index (κ3) is 8.01. The molecule has 1 aliphatic heterocycles. The fourth-order valence-electron chi connectivity index (χ4n) is 6.61. The Bertz CT molecular complexity index is 2120. The predicted octanol–water partition coefficient (Wildman–Crippen LogP) is 7.08. The number of nitriles is 1. The summed E-state index contributed by atoms with van der Waals surface area (Å²) in [4.78, 5) is 23.7. The normalized spacial score (nSPS) is 15.4. The van der Waals surface area contributed by atoms with Gasteiger partial charge < -0.3 is 25.6 Å². The van der Waals surface area contributed by atoms with Gasteiger partial charge in [-0.1, -0.05) is 24.8 Å². The van der Waals surface area contributed by atoms with Crippen LogP contribution in [0, 0.1) is 18.3 Å². The molecule has 10 nitrogen and oxygen atoms in total. The molecule has 1 fully saturated rings. The average Bonchev–Trinajstić information content (AvgIpc) is 3.66. The van der Waals surface area contributed by atoms with E-state index in [1.165, 1.54) is 6.08 Å². The molecule has 1 atom stereocenters. The van der Waals surface area contributed by atoms with Crippen molar-refractivity contribution >= 4 is 55.8 Å². The molecule has 1 saturated heterocycles. The SMILES string of the molecule is C=CC(=O)Nc1ccc(C(C)(O)Cn2c(C#N)cc3c(C)c(CN4CCC(Nc5nc(NC)nc6sc(CC(F)(F)F)cc56)CC4)ccc32)cc1. The molecule has 14 heteroatoms. The van der Waals surface area contributed by atoms with Gasteiger partial charge in [-0.2, -0.15) is 23.4 Å². The highest BCUT2D eigenvalue weighted by atomic mass is 32.1. The quantitative estimate of drug-likeness (QED) is 0.107. The molecule has 0 saturated carbocycles. The molecule has 0 radical (unpaired) electrons. The van der Waals surface area contributed by atoms with Gasteiger partial charge in [0, 0.05) is 54.2 Å². The summed E-state index contributed by atoms with van der Waals surface area (Å²) >= 11 is 1.04. The van der Waals surface area contributed by atoms with E-state index in [2.05, 4.69) is 56.5 Å². The lowest BCUT2D eigenvalue weighted by Crippen LogP contribution is -2.39. The topological polar surface area (TPSA) is 131 Å². The summed E-state index contributed by atoms with van der Waals surface area (Å²) in [6.07, 6.45) is -2.45. The maximum atomic E-state index is 13.1. The zero-order valence-electron chi connectivity index (χ0n) is 28.6. The third-order valence-electron chi connectivity index (χ3n) is 9.37. The number of thiophene rings is 1. The number of aromatic nitrogens is 3. The second-order valence-electron chi connectivity index (χ2n) is 13.1. The van der Waals surface area contributed by atoms with E-state index in [4.69, 9.17) is 0 Å². The molecule has 6 rings (SSSR count). The van der Waals surface area contributed by atoms with Crippen molar-refractivity contribution in [3.63, 3.8) is 0 Å². The van der Waals surface area contributed by atoms with Crippen molar-refractivity contribution in [1.82, 2.24) is 19.4 Å². The summed E-state index contributed by atoms with van der Waals surface area (Å²) in [6.45, 7) is 9.72. The molecule has 0 spiro atoms. The molecule has 4 N–H and O–H groups in total. The van der Waals surface area contributed by atoms with E-state index in [9.17, 15) is 28.3 Å². The molecule has 266 valence electrons. The third-order valence-corrected chi connectivity index (χ3v) is 10.4. The van der Waals surface area contributed by atoms with Gasteiger partial charge in [-0.05, 0) is 79.8 Å². The van der Waals surface area contributed by atoms with E-state index < -0.39 is 18.2 Å². The number of nitrogens with zero attached hydrogens (tertiary/aromatic N) is 5. The molecule has 51 heavy (non-hydrogen) atoms. The summed E-state index contributed by atoms with van der Waals surface area (Å²) in [6, 6.07) is 16.8. The van der Waals surface area contributed by atoms with Crippen molar-refractivity contribution in [3.05, 3.63) is 88.4 Å². The standard InChI is InChI=1S/C37H39F3N8O2S/c1-5-32(49)43-25-9-7-24(8-10-25)36(3,50)21-48-27(19-41)16-29-22(2)23(6-11-31(29)48)20-47-14-12-26(13-15-47)44-33-30-17-28(18-37(38,39)40)51-34(30)46-35(42-4)45-33/h5-11,16-17,26,50H,1,12-15,18,20-21H2,2-4H3,(H,43,49)(H2,42,44,45,46). The van der Waals surface area contributed by atoms with E-state index in [-0.39, 0.29) is 23.4 Å². The lowest BCUT2D eigenvalue weighted by atomic mass is 9.95. The Morgan fingerprint density at radius 1 is 1.14 bits per heavy atom. The highest BCUT2D eigenvalue weighted by molar-refractivity contribution is 7.18. The number of piperidine rings is 1. The molecular formula is C37H39F3N8O2S. The van der Waals surface area contributed by atoms with Gasteiger partial charge in [0.05, 0.1) is 18.4 Å². The molecule has 1 amide bonds. The average molecular weight is 717 g/mol. The monoisotopic (exact) mass is 716 g/mol. The van der Waals surface area contributed by atoms with Gasteiger partial charge in [-0.3, -0.25) is 9.69 Å². The number of benzene rings is 2. The molecule has 0 aliphatic carbocycles. The minimum atomic E-state index is -4.30. The van der Waals surface area contributed by atoms with Crippen molar-refractivity contribution in [3.8, 4) is 6.07 Å². The van der Waals surface area contributed by atoms with Crippen LogP contribution in [0.5, 0.6) is 0 Å². The minimum absolute atomic E-state index is 0.0979. The largest absolute Gasteiger partial charge is 0.393 e. The highest BCUT2D eigenvalue weighted by Gasteiger charge is 2.30. The van der Waals surface area contributed by atoms with E-state index in [0.717, 1.165) is 65.8 Å². The molecule has 3 aromatic heterocycles. The van der Waals surface area contributed by atoms with Crippen LogP contribution in [0.25, 0.3) is 21.1 Å². The Morgan fingerprint density at radius 2 is 1.86 bits per heavy atom. The van der Waals surface area contributed by atoms with E-state index in [1.807, 2.05) is 16.7 Å². The zero-order chi connectivity index (χ0) is 36.5. The number of fused-ring (bicyclic) bond motifs is 2. The van der Waals surface area contributed by atoms with Crippen LogP contribution in [0.1, 0.15) is 47.0 Å². The summed E-state index contributed by atoms with van der Waals surface area (Å²) in [5.74, 6) is 0.575. The number of carbonyl (C=O) groups excluding carboxylic acids is 1. The van der Waals surface area contributed by atoms with Crippen LogP contribution in [0.15, 0.2) is 61.2 Å². The van der Waals surface area contributed by atoms with Crippen LogP contribution in [0.4, 0.5) is 30.6 Å². The summed E-state index contributed by atoms with van der Waals surface area (Å²) < 4.78 is 41.1. The lowest BCUT2D eigenvalue weighted by molar-refractivity contribution is -0.126. The Labute approximate surface area is 297 Å². The first-order valence-electron chi connectivity index (χ1n) is 16.6. The van der Waals surface area contributed by atoms with E-state index in [1.54, 1.807) is 44.3 Å². The Hall–Kier alpha value is -4.97. The number of rotatable bonds is 11. The van der Waals surface area contributed by atoms with Crippen LogP contribution in [-0.2, 0) is 29.9 Å². The fraction of sp³-hybridized carbons (Fsp3) is 0.351. The second kappa shape index (κ2) is 14.3. The number of aryl methyl sites for hydroxylation is 1. The van der Waals surface area contributed by atoms with Crippen molar-refractivity contribution in [2.75, 3.05) is 36.1 Å². The molecule has 1 unspecified atom stereocenters. The van der Waals surface area contributed by atoms with Crippen LogP contribution in [0.2, 0.25) is 0 Å². The molecule has 2 aromatic carbocycles. The van der Waals surface area contributed by atoms with Gasteiger partial charge in [-0.25, -0.2) is 4.98 Å². The molecular weight excluding hydrogens is 678 g/mol. The summed E-state index contributed by atoms with van der Waals surface area (Å²) in [7, 11) is 1.68. The van der Waals surface area contributed by atoms with Gasteiger partial charge in [0.25, 0.3) is 0 Å². The van der Waals surface area contributed by atoms with E-state index in [0.29, 0.717) is 38.9 Å². The first-order chi connectivity index (χ1) is 24.3. The number of hydrogen-bond acceptors (Lipinski definition) is 9. The zero-order valence-corrected chi connectivity index (χ0v) is 29.4. The van der Waals surface area contributed by atoms with Crippen LogP contribution in [0.3, 0.4) is 0 Å². The minimum Gasteiger partial charge on any atom is -0.384 e. The maximum Gasteiger partial charge on any atom is 0.393 e. The number of halogens is 3. The van der Waals surface area contributed by atoms with Gasteiger partial charge in [0.1, 0.15) is 28.0 Å². The number of anilines is 3. The number of hydrogen-bond donors (Lipinski definition) is 4. The van der Waals surface area contributed by atoms with Gasteiger partial charge in [0.2, 0.25) is 11.9 Å². The predicted molar refractivity (Wildman–Crippen MR) is 195 cm³/mol. The van der Waals surface area contributed by atoms with Crippen molar-refractivity contribution in [2.45, 2.75) is 64.0 Å². The van der Waals surface area contributed by atoms with Gasteiger partial charge >= 0.3 is 6.18 Å². The van der Waals surface area contributed by atoms with Crippen LogP contribution >= 0.6 is 11.3 Å². The second-order valence-corrected chi connectivity index (χ2v) is 14.2. The van der Waals surface area contributed by atoms with Crippen molar-refractivity contribution in [2.24, 2.45) is 0 Å². The molecule has 0 bridgehead atoms. The Kier molecular flexibility index (Phi) is 10.1. The number of aliphatic hydroxyl groups is 1. The number of alkyl halides is 3. The molecule has 5 aromatic rings. The first-order valence-corrected chi connectivity index (χ1v) is 17.4. The maximum absolute atomic E-state index is 13.1. The van der Waals surface area contributed by atoms with Crippen LogP contribution in [-0.4, -0.2) is 62.8 Å². The van der Waals surface area contributed by atoms with E-state index >= 15 is 0 Å². The van der Waals surface area contributed by atoms with Gasteiger partial charge in [-0.15, -0.1) is 11.3 Å². The Balaban J connectivity index is 1.13. The smallest absolute Gasteiger partial charge is 0.384 e. The van der Waals surface area contributed by atoms with Gasteiger partial charge in [0.15, 0.2) is 0 Å². The fourth-order valence-corrected chi connectivity index (χ4v) is 7.67. The summed E-state index contributed by atoms with van der Waals surface area (Å²) in [5, 5.41) is 32.2. The Morgan fingerprint density at radius 3 is 2.51 bits per heavy atom. The van der Waals surface area contributed by atoms with Crippen LogP contribution < -0.4 is 16.0 Å². The van der Waals surface area contributed by atoms with Crippen molar-refractivity contribution < 1.29 is 23.1 Å². The molecule has 4 heterocycles. The first kappa shape index (κ1) is 35.8. The number of amides is 1. The number of carbonyl (C=O) groups is 1. The highest BCUT2D eigenvalue weighted by Crippen LogP contribution is 2.35. The molecule has 1 aliphatic rings. The number of nitrogens with one attached hydrogen (secondary N) is 3. The lowest BCUT2D eigenvalue weighted by Gasteiger charge is -2.33. The number of likely N-dealkylation sites (tertiary alicyclic amines) is 1.